The van der Waals surface area contributed by atoms with Crippen molar-refractivity contribution in [2.24, 2.45) is 0 Å². The Morgan fingerprint density at radius 1 is 1.22 bits per heavy atom. The van der Waals surface area contributed by atoms with E-state index in [1.807, 2.05) is 0 Å². The van der Waals surface area contributed by atoms with Crippen molar-refractivity contribution in [2.75, 3.05) is 4.72 Å². The van der Waals surface area contributed by atoms with Gasteiger partial charge in [-0.25, -0.2) is 17.8 Å². The van der Waals surface area contributed by atoms with Crippen molar-refractivity contribution in [3.63, 3.8) is 0 Å². The van der Waals surface area contributed by atoms with E-state index in [1.54, 1.807) is 12.1 Å². The molecule has 2 aromatic rings. The summed E-state index contributed by atoms with van der Waals surface area (Å²) in [5.74, 6) is -0.682. The molecule has 0 unspecified atom stereocenters. The predicted octanol–water partition coefficient (Wildman–Crippen LogP) is 2.78. The molecule has 0 aliphatic carbocycles. The number of anilines is 1. The summed E-state index contributed by atoms with van der Waals surface area (Å²) in [4.78, 5) is 3.39. The Hall–Kier alpha value is -1.47. The summed E-state index contributed by atoms with van der Waals surface area (Å²) in [7, 11) is -3.98. The van der Waals surface area contributed by atoms with Gasteiger partial charge in [0.2, 0.25) is 0 Å². The molecule has 0 atom stereocenters. The maximum atomic E-state index is 13.5. The molecule has 0 amide bonds. The average molecular weight is 331 g/mol. The number of sulfonamides is 1. The number of hydrogen-bond acceptors (Lipinski definition) is 3. The number of rotatable bonds is 3. The van der Waals surface area contributed by atoms with Gasteiger partial charge < -0.3 is 0 Å². The highest BCUT2D eigenvalue weighted by atomic mass is 79.9. The number of benzene rings is 1. The molecule has 1 N–H and O–H groups in total. The van der Waals surface area contributed by atoms with E-state index in [-0.39, 0.29) is 5.82 Å². The van der Waals surface area contributed by atoms with Crippen LogP contribution in [-0.4, -0.2) is 13.4 Å². The van der Waals surface area contributed by atoms with Crippen LogP contribution in [0.15, 0.2) is 52.0 Å². The molecule has 94 valence electrons. The standard InChI is InChI=1S/C11H8BrFN2O2S/c12-8-4-5-9(13)10(7-8)18(16,17)15-11-3-1-2-6-14-11/h1-7H,(H,14,15). The van der Waals surface area contributed by atoms with Gasteiger partial charge in [-0.3, -0.25) is 4.72 Å². The molecule has 0 saturated carbocycles. The van der Waals surface area contributed by atoms with Gasteiger partial charge in [-0.05, 0) is 30.3 Å². The van der Waals surface area contributed by atoms with Crippen LogP contribution in [0.1, 0.15) is 0 Å². The van der Waals surface area contributed by atoms with E-state index in [9.17, 15) is 12.8 Å². The lowest BCUT2D eigenvalue weighted by molar-refractivity contribution is 0.570. The minimum Gasteiger partial charge on any atom is -0.263 e. The zero-order chi connectivity index (χ0) is 13.2. The predicted molar refractivity (Wildman–Crippen MR) is 69.1 cm³/mol. The van der Waals surface area contributed by atoms with Crippen molar-refractivity contribution in [1.82, 2.24) is 4.98 Å². The number of nitrogens with zero attached hydrogens (tertiary/aromatic N) is 1. The number of hydrogen-bond donors (Lipinski definition) is 1. The summed E-state index contributed by atoms with van der Waals surface area (Å²) < 4.78 is 40.1. The van der Waals surface area contributed by atoms with Crippen molar-refractivity contribution >= 4 is 31.8 Å². The lowest BCUT2D eigenvalue weighted by Crippen LogP contribution is -2.15. The highest BCUT2D eigenvalue weighted by Gasteiger charge is 2.19. The first-order valence-electron chi connectivity index (χ1n) is 4.88. The van der Waals surface area contributed by atoms with E-state index >= 15 is 0 Å². The van der Waals surface area contributed by atoms with Crippen LogP contribution in [0, 0.1) is 5.82 Å². The van der Waals surface area contributed by atoms with Crippen LogP contribution >= 0.6 is 15.9 Å². The lowest BCUT2D eigenvalue weighted by Gasteiger charge is -2.08. The Labute approximate surface area is 112 Å². The van der Waals surface area contributed by atoms with Gasteiger partial charge in [-0.2, -0.15) is 0 Å². The molecule has 0 aliphatic rings. The highest BCUT2D eigenvalue weighted by Crippen LogP contribution is 2.21. The first kappa shape index (κ1) is 13.0. The van der Waals surface area contributed by atoms with Crippen LogP contribution in [0.3, 0.4) is 0 Å². The molecule has 0 spiro atoms. The fourth-order valence-electron chi connectivity index (χ4n) is 1.30. The molecule has 4 nitrogen and oxygen atoms in total. The monoisotopic (exact) mass is 330 g/mol. The Morgan fingerprint density at radius 2 is 2.00 bits per heavy atom. The van der Waals surface area contributed by atoms with E-state index in [2.05, 4.69) is 25.6 Å². The third kappa shape index (κ3) is 2.85. The van der Waals surface area contributed by atoms with Gasteiger partial charge in [0.15, 0.2) is 0 Å². The highest BCUT2D eigenvalue weighted by molar-refractivity contribution is 9.10. The summed E-state index contributed by atoms with van der Waals surface area (Å²) in [5, 5.41) is 0. The fraction of sp³-hybridized carbons (Fsp3) is 0. The number of halogens is 2. The Bertz CT molecular complexity index is 662. The summed E-state index contributed by atoms with van der Waals surface area (Å²) >= 11 is 3.10. The van der Waals surface area contributed by atoms with E-state index in [0.717, 1.165) is 6.07 Å². The van der Waals surface area contributed by atoms with Crippen LogP contribution in [-0.2, 0) is 10.0 Å². The van der Waals surface area contributed by atoms with Gasteiger partial charge in [0.05, 0.1) is 0 Å². The zero-order valence-corrected chi connectivity index (χ0v) is 11.4. The smallest absolute Gasteiger partial charge is 0.263 e. The lowest BCUT2D eigenvalue weighted by atomic mass is 10.3. The SMILES string of the molecule is O=S(=O)(Nc1ccccn1)c1cc(Br)ccc1F. The minimum atomic E-state index is -3.98. The van der Waals surface area contributed by atoms with E-state index < -0.39 is 20.7 Å². The Balaban J connectivity index is 2.40. The second kappa shape index (κ2) is 5.03. The molecule has 2 rings (SSSR count). The molecule has 0 radical (unpaired) electrons. The quantitative estimate of drug-likeness (QED) is 0.941. The van der Waals surface area contributed by atoms with Gasteiger partial charge >= 0.3 is 0 Å². The molecule has 1 aromatic carbocycles. The van der Waals surface area contributed by atoms with Gasteiger partial charge in [0, 0.05) is 10.7 Å². The number of pyridine rings is 1. The van der Waals surface area contributed by atoms with Crippen LogP contribution in [0.5, 0.6) is 0 Å². The van der Waals surface area contributed by atoms with Gasteiger partial charge in [-0.15, -0.1) is 0 Å². The Kier molecular flexibility index (Phi) is 3.63. The van der Waals surface area contributed by atoms with E-state index in [0.29, 0.717) is 4.47 Å². The van der Waals surface area contributed by atoms with Crippen LogP contribution in [0.2, 0.25) is 0 Å². The second-order valence-corrected chi connectivity index (χ2v) is 5.96. The second-order valence-electron chi connectivity index (χ2n) is 3.40. The molecule has 0 aliphatic heterocycles. The first-order chi connectivity index (χ1) is 8.49. The molecule has 0 bridgehead atoms. The summed E-state index contributed by atoms with van der Waals surface area (Å²) in [6.07, 6.45) is 1.44. The molecule has 0 fully saturated rings. The summed E-state index contributed by atoms with van der Waals surface area (Å²) in [5.41, 5.74) is 0. The third-order valence-corrected chi connectivity index (χ3v) is 3.95. The van der Waals surface area contributed by atoms with E-state index in [4.69, 9.17) is 0 Å². The third-order valence-electron chi connectivity index (χ3n) is 2.09. The van der Waals surface area contributed by atoms with Crippen LogP contribution in [0.4, 0.5) is 10.2 Å². The fourth-order valence-corrected chi connectivity index (χ4v) is 2.92. The van der Waals surface area contributed by atoms with Crippen LogP contribution in [0.25, 0.3) is 0 Å². The maximum absolute atomic E-state index is 13.5. The largest absolute Gasteiger partial charge is 0.266 e. The maximum Gasteiger partial charge on any atom is 0.266 e. The van der Waals surface area contributed by atoms with E-state index in [1.165, 1.54) is 24.4 Å². The zero-order valence-electron chi connectivity index (χ0n) is 8.97. The average Bonchev–Trinajstić information content (AvgIpc) is 2.33. The van der Waals surface area contributed by atoms with Gasteiger partial charge in [-0.1, -0.05) is 22.0 Å². The van der Waals surface area contributed by atoms with Crippen molar-refractivity contribution in [2.45, 2.75) is 4.90 Å². The van der Waals surface area contributed by atoms with Gasteiger partial charge in [0.25, 0.3) is 10.0 Å². The molecule has 0 saturated heterocycles. The first-order valence-corrected chi connectivity index (χ1v) is 7.15. The van der Waals surface area contributed by atoms with Crippen molar-refractivity contribution in [3.8, 4) is 0 Å². The van der Waals surface area contributed by atoms with Crippen molar-refractivity contribution in [3.05, 3.63) is 52.9 Å². The minimum absolute atomic E-state index is 0.136. The molecule has 1 heterocycles. The molecular formula is C11H8BrFN2O2S. The topological polar surface area (TPSA) is 59.1 Å². The van der Waals surface area contributed by atoms with Crippen molar-refractivity contribution in [1.29, 1.82) is 0 Å². The number of nitrogens with one attached hydrogen (secondary N) is 1. The van der Waals surface area contributed by atoms with Crippen LogP contribution < -0.4 is 4.72 Å². The summed E-state index contributed by atoms with van der Waals surface area (Å²) in [6.45, 7) is 0. The van der Waals surface area contributed by atoms with Gasteiger partial charge in [0.1, 0.15) is 16.5 Å². The molecule has 7 heteroatoms. The molecule has 1 aromatic heterocycles. The Morgan fingerprint density at radius 3 is 2.67 bits per heavy atom. The van der Waals surface area contributed by atoms with Crippen molar-refractivity contribution < 1.29 is 12.8 Å². The summed E-state index contributed by atoms with van der Waals surface area (Å²) in [6, 6.07) is 8.46. The molecule has 18 heavy (non-hydrogen) atoms. The normalized spacial score (nSPS) is 11.2. The number of aromatic nitrogens is 1. The molecular weight excluding hydrogens is 323 g/mol.